The van der Waals surface area contributed by atoms with Gasteiger partial charge in [0.05, 0.1) is 5.54 Å². The highest BCUT2D eigenvalue weighted by Crippen LogP contribution is 2.11. The van der Waals surface area contributed by atoms with Crippen LogP contribution in [0.5, 0.6) is 0 Å². The number of carbonyl (C=O) groups is 1. The average molecular weight is 228 g/mol. The van der Waals surface area contributed by atoms with Gasteiger partial charge in [-0.05, 0) is 26.2 Å². The van der Waals surface area contributed by atoms with Crippen molar-refractivity contribution < 1.29 is 4.79 Å². The third kappa shape index (κ3) is 4.97. The maximum absolute atomic E-state index is 12.2. The predicted octanol–water partition coefficient (Wildman–Crippen LogP) is 2.54. The van der Waals surface area contributed by atoms with Gasteiger partial charge in [-0.25, -0.2) is 0 Å². The first-order chi connectivity index (χ1) is 7.49. The Hall–Kier alpha value is -0.570. The molecule has 0 aromatic rings. The van der Waals surface area contributed by atoms with E-state index in [0.717, 1.165) is 38.8 Å². The van der Waals surface area contributed by atoms with Gasteiger partial charge < -0.3 is 10.6 Å². The lowest BCUT2D eigenvalue weighted by molar-refractivity contribution is -0.136. The van der Waals surface area contributed by atoms with Crippen LogP contribution in [0.4, 0.5) is 0 Å². The van der Waals surface area contributed by atoms with Crippen LogP contribution in [-0.4, -0.2) is 29.4 Å². The van der Waals surface area contributed by atoms with E-state index in [1.54, 1.807) is 0 Å². The second-order valence-corrected chi connectivity index (χ2v) is 4.77. The molecule has 0 aliphatic carbocycles. The monoisotopic (exact) mass is 228 g/mol. The van der Waals surface area contributed by atoms with E-state index in [9.17, 15) is 4.79 Å². The predicted molar refractivity (Wildman–Crippen MR) is 69.3 cm³/mol. The summed E-state index contributed by atoms with van der Waals surface area (Å²) in [6.45, 7) is 9.79. The summed E-state index contributed by atoms with van der Waals surface area (Å²) in [6.07, 6.45) is 5.05. The molecule has 1 amide bonds. The third-order valence-electron chi connectivity index (χ3n) is 3.07. The summed E-state index contributed by atoms with van der Waals surface area (Å²) in [5.41, 5.74) is 5.32. The zero-order chi connectivity index (χ0) is 12.6. The molecule has 96 valence electrons. The van der Waals surface area contributed by atoms with Gasteiger partial charge in [0.25, 0.3) is 0 Å². The van der Waals surface area contributed by atoms with Gasteiger partial charge >= 0.3 is 0 Å². The standard InChI is InChI=1S/C13H28N2O/c1-5-8-10-15(11-9-6-2)12(16)13(4,14)7-3/h5-11,14H2,1-4H3. The van der Waals surface area contributed by atoms with Gasteiger partial charge in [-0.15, -0.1) is 0 Å². The molecule has 1 atom stereocenters. The van der Waals surface area contributed by atoms with E-state index < -0.39 is 5.54 Å². The topological polar surface area (TPSA) is 46.3 Å². The van der Waals surface area contributed by atoms with E-state index in [4.69, 9.17) is 5.73 Å². The molecule has 0 rings (SSSR count). The molecule has 0 aliphatic heterocycles. The fourth-order valence-electron chi connectivity index (χ4n) is 1.53. The smallest absolute Gasteiger partial charge is 0.242 e. The van der Waals surface area contributed by atoms with Crippen LogP contribution in [0.3, 0.4) is 0 Å². The van der Waals surface area contributed by atoms with Gasteiger partial charge in [0, 0.05) is 13.1 Å². The highest BCUT2D eigenvalue weighted by atomic mass is 16.2. The van der Waals surface area contributed by atoms with Gasteiger partial charge in [0.1, 0.15) is 0 Å². The Morgan fingerprint density at radius 1 is 1.12 bits per heavy atom. The number of rotatable bonds is 8. The molecule has 0 aromatic carbocycles. The zero-order valence-corrected chi connectivity index (χ0v) is 11.4. The summed E-state index contributed by atoms with van der Waals surface area (Å²) in [7, 11) is 0. The first-order valence-corrected chi connectivity index (χ1v) is 6.57. The highest BCUT2D eigenvalue weighted by molar-refractivity contribution is 5.85. The van der Waals surface area contributed by atoms with Crippen LogP contribution in [-0.2, 0) is 4.79 Å². The SMILES string of the molecule is CCCCN(CCCC)C(=O)C(C)(N)CC. The van der Waals surface area contributed by atoms with E-state index in [-0.39, 0.29) is 5.91 Å². The lowest BCUT2D eigenvalue weighted by atomic mass is 9.98. The van der Waals surface area contributed by atoms with Crippen LogP contribution in [0.25, 0.3) is 0 Å². The van der Waals surface area contributed by atoms with Crippen LogP contribution in [0, 0.1) is 0 Å². The Kier molecular flexibility index (Phi) is 7.39. The molecule has 2 N–H and O–H groups in total. The van der Waals surface area contributed by atoms with E-state index >= 15 is 0 Å². The fraction of sp³-hybridized carbons (Fsp3) is 0.923. The van der Waals surface area contributed by atoms with Crippen molar-refractivity contribution in [2.24, 2.45) is 5.73 Å². The normalized spacial score (nSPS) is 14.6. The van der Waals surface area contributed by atoms with Crippen molar-refractivity contribution in [2.45, 2.75) is 65.3 Å². The molecule has 3 heteroatoms. The number of nitrogens with zero attached hydrogens (tertiary/aromatic N) is 1. The Morgan fingerprint density at radius 2 is 1.56 bits per heavy atom. The maximum atomic E-state index is 12.2. The fourth-order valence-corrected chi connectivity index (χ4v) is 1.53. The second kappa shape index (κ2) is 7.66. The van der Waals surface area contributed by atoms with Crippen LogP contribution in [0.1, 0.15) is 59.8 Å². The van der Waals surface area contributed by atoms with Crippen molar-refractivity contribution in [1.29, 1.82) is 0 Å². The molecule has 16 heavy (non-hydrogen) atoms. The van der Waals surface area contributed by atoms with E-state index in [0.29, 0.717) is 6.42 Å². The van der Waals surface area contributed by atoms with Gasteiger partial charge in [0.15, 0.2) is 0 Å². The molecule has 0 radical (unpaired) electrons. The van der Waals surface area contributed by atoms with Crippen molar-refractivity contribution in [3.05, 3.63) is 0 Å². The first-order valence-electron chi connectivity index (χ1n) is 6.57. The van der Waals surface area contributed by atoms with Crippen molar-refractivity contribution in [3.8, 4) is 0 Å². The minimum atomic E-state index is -0.693. The summed E-state index contributed by atoms with van der Waals surface area (Å²) in [5.74, 6) is 0.108. The Balaban J connectivity index is 4.42. The number of amides is 1. The molecule has 0 saturated carbocycles. The van der Waals surface area contributed by atoms with Crippen LogP contribution >= 0.6 is 0 Å². The number of unbranched alkanes of at least 4 members (excludes halogenated alkanes) is 2. The molecule has 3 nitrogen and oxygen atoms in total. The summed E-state index contributed by atoms with van der Waals surface area (Å²) in [5, 5.41) is 0. The summed E-state index contributed by atoms with van der Waals surface area (Å²) < 4.78 is 0. The zero-order valence-electron chi connectivity index (χ0n) is 11.4. The average Bonchev–Trinajstić information content (AvgIpc) is 2.28. The van der Waals surface area contributed by atoms with E-state index in [1.165, 1.54) is 0 Å². The molecule has 0 aromatic heterocycles. The molecular formula is C13H28N2O. The largest absolute Gasteiger partial charge is 0.341 e. The minimum absolute atomic E-state index is 0.108. The lowest BCUT2D eigenvalue weighted by Crippen LogP contribution is -2.53. The van der Waals surface area contributed by atoms with Crippen molar-refractivity contribution in [2.75, 3.05) is 13.1 Å². The van der Waals surface area contributed by atoms with Crippen LogP contribution in [0.2, 0.25) is 0 Å². The Morgan fingerprint density at radius 3 is 1.88 bits per heavy atom. The number of hydrogen-bond donors (Lipinski definition) is 1. The number of carbonyl (C=O) groups excluding carboxylic acids is 1. The van der Waals surface area contributed by atoms with Gasteiger partial charge in [-0.2, -0.15) is 0 Å². The molecule has 1 unspecified atom stereocenters. The molecule has 0 bridgehead atoms. The molecule has 0 fully saturated rings. The van der Waals surface area contributed by atoms with Gasteiger partial charge in [-0.1, -0.05) is 33.6 Å². The molecular weight excluding hydrogens is 200 g/mol. The Labute approximate surface area is 100 Å². The Bertz CT molecular complexity index is 194. The molecule has 0 spiro atoms. The third-order valence-corrected chi connectivity index (χ3v) is 3.07. The number of hydrogen-bond acceptors (Lipinski definition) is 2. The minimum Gasteiger partial charge on any atom is -0.341 e. The summed E-state index contributed by atoms with van der Waals surface area (Å²) >= 11 is 0. The first kappa shape index (κ1) is 15.4. The summed E-state index contributed by atoms with van der Waals surface area (Å²) in [6, 6.07) is 0. The van der Waals surface area contributed by atoms with Crippen molar-refractivity contribution in [1.82, 2.24) is 4.90 Å². The second-order valence-electron chi connectivity index (χ2n) is 4.77. The molecule has 0 saturated heterocycles. The molecule has 0 aliphatic rings. The van der Waals surface area contributed by atoms with E-state index in [1.807, 2.05) is 18.7 Å². The van der Waals surface area contributed by atoms with E-state index in [2.05, 4.69) is 13.8 Å². The van der Waals surface area contributed by atoms with Crippen LogP contribution < -0.4 is 5.73 Å². The van der Waals surface area contributed by atoms with Crippen molar-refractivity contribution >= 4 is 5.91 Å². The highest BCUT2D eigenvalue weighted by Gasteiger charge is 2.30. The molecule has 0 heterocycles. The number of nitrogens with two attached hydrogens (primary N) is 1. The van der Waals surface area contributed by atoms with Gasteiger partial charge in [-0.3, -0.25) is 4.79 Å². The summed E-state index contributed by atoms with van der Waals surface area (Å²) in [4.78, 5) is 14.1. The van der Waals surface area contributed by atoms with Crippen molar-refractivity contribution in [3.63, 3.8) is 0 Å². The quantitative estimate of drug-likeness (QED) is 0.694. The lowest BCUT2D eigenvalue weighted by Gasteiger charge is -2.31. The van der Waals surface area contributed by atoms with Crippen LogP contribution in [0.15, 0.2) is 0 Å². The van der Waals surface area contributed by atoms with Gasteiger partial charge in [0.2, 0.25) is 5.91 Å². The maximum Gasteiger partial charge on any atom is 0.242 e.